The Labute approximate surface area is 115 Å². The molecule has 0 aromatic rings. The lowest BCUT2D eigenvalue weighted by molar-refractivity contribution is 0.0971. The lowest BCUT2D eigenvalue weighted by atomic mass is 9.66. The van der Waals surface area contributed by atoms with Crippen LogP contribution in [0.15, 0.2) is 0 Å². The number of ether oxygens (including phenoxy) is 1. The summed E-state index contributed by atoms with van der Waals surface area (Å²) in [7, 11) is 0. The van der Waals surface area contributed by atoms with E-state index in [4.69, 9.17) is 4.74 Å². The molecule has 3 aliphatic rings. The Kier molecular flexibility index (Phi) is 3.70. The molecule has 19 heavy (non-hydrogen) atoms. The highest BCUT2D eigenvalue weighted by molar-refractivity contribution is 5.74. The van der Waals surface area contributed by atoms with Crippen molar-refractivity contribution in [3.63, 3.8) is 0 Å². The molecule has 108 valence electrons. The molecule has 3 rings (SSSR count). The largest absolute Gasteiger partial charge is 0.373 e. The molecular formula is C15H26N2O2. The minimum atomic E-state index is 0.00327. The van der Waals surface area contributed by atoms with Crippen molar-refractivity contribution in [2.45, 2.75) is 76.5 Å². The molecule has 1 saturated carbocycles. The second-order valence-electron chi connectivity index (χ2n) is 6.65. The van der Waals surface area contributed by atoms with Gasteiger partial charge in [-0.3, -0.25) is 0 Å². The molecule has 4 heteroatoms. The summed E-state index contributed by atoms with van der Waals surface area (Å²) in [6.45, 7) is 3.07. The van der Waals surface area contributed by atoms with Crippen molar-refractivity contribution in [3.8, 4) is 0 Å². The quantitative estimate of drug-likeness (QED) is 0.803. The van der Waals surface area contributed by atoms with Crippen molar-refractivity contribution in [1.82, 2.24) is 10.6 Å². The van der Waals surface area contributed by atoms with Crippen LogP contribution in [0.3, 0.4) is 0 Å². The molecule has 2 amide bonds. The SMILES string of the molecule is CCCC1(CNC(=O)NC2CC3CCC2O3)CCC1. The number of rotatable bonds is 5. The third-order valence-electron chi connectivity index (χ3n) is 5.24. The third kappa shape index (κ3) is 2.73. The van der Waals surface area contributed by atoms with Gasteiger partial charge in [0.2, 0.25) is 0 Å². The van der Waals surface area contributed by atoms with Crippen molar-refractivity contribution in [1.29, 1.82) is 0 Å². The van der Waals surface area contributed by atoms with Crippen LogP contribution in [0.25, 0.3) is 0 Å². The van der Waals surface area contributed by atoms with Crippen LogP contribution < -0.4 is 10.6 Å². The van der Waals surface area contributed by atoms with E-state index in [1.54, 1.807) is 0 Å². The van der Waals surface area contributed by atoms with E-state index in [9.17, 15) is 4.79 Å². The first-order valence-electron chi connectivity index (χ1n) is 7.91. The fourth-order valence-electron chi connectivity index (χ4n) is 4.00. The third-order valence-corrected chi connectivity index (χ3v) is 5.24. The molecule has 2 aliphatic heterocycles. The van der Waals surface area contributed by atoms with Crippen LogP contribution in [-0.2, 0) is 4.74 Å². The minimum Gasteiger partial charge on any atom is -0.373 e. The summed E-state index contributed by atoms with van der Waals surface area (Å²) in [6.07, 6.45) is 10.3. The van der Waals surface area contributed by atoms with Gasteiger partial charge in [0.15, 0.2) is 0 Å². The van der Waals surface area contributed by atoms with Gasteiger partial charge in [-0.1, -0.05) is 19.8 Å². The topological polar surface area (TPSA) is 50.4 Å². The lowest BCUT2D eigenvalue weighted by Gasteiger charge is -2.42. The van der Waals surface area contributed by atoms with Crippen molar-refractivity contribution in [2.75, 3.05) is 6.54 Å². The van der Waals surface area contributed by atoms with E-state index in [0.717, 1.165) is 19.4 Å². The van der Waals surface area contributed by atoms with Gasteiger partial charge < -0.3 is 15.4 Å². The zero-order valence-electron chi connectivity index (χ0n) is 11.9. The molecule has 2 saturated heterocycles. The Morgan fingerprint density at radius 3 is 2.74 bits per heavy atom. The first-order valence-corrected chi connectivity index (χ1v) is 7.91. The summed E-state index contributed by atoms with van der Waals surface area (Å²) in [4.78, 5) is 12.0. The van der Waals surface area contributed by atoms with Gasteiger partial charge >= 0.3 is 6.03 Å². The molecule has 0 spiro atoms. The highest BCUT2D eigenvalue weighted by atomic mass is 16.5. The van der Waals surface area contributed by atoms with Crippen LogP contribution >= 0.6 is 0 Å². The number of hydrogen-bond donors (Lipinski definition) is 2. The number of carbonyl (C=O) groups excluding carboxylic acids is 1. The summed E-state index contributed by atoms with van der Waals surface area (Å²) in [5, 5.41) is 6.19. The van der Waals surface area contributed by atoms with E-state index in [-0.39, 0.29) is 18.2 Å². The zero-order valence-corrected chi connectivity index (χ0v) is 11.9. The number of nitrogens with one attached hydrogen (secondary N) is 2. The highest BCUT2D eigenvalue weighted by Gasteiger charge is 2.42. The second-order valence-corrected chi connectivity index (χ2v) is 6.65. The van der Waals surface area contributed by atoms with E-state index >= 15 is 0 Å². The van der Waals surface area contributed by atoms with Crippen LogP contribution in [0.4, 0.5) is 4.79 Å². The Hall–Kier alpha value is -0.770. The maximum atomic E-state index is 12.0. The average molecular weight is 266 g/mol. The van der Waals surface area contributed by atoms with E-state index in [2.05, 4.69) is 17.6 Å². The monoisotopic (exact) mass is 266 g/mol. The van der Waals surface area contributed by atoms with Crippen molar-refractivity contribution >= 4 is 6.03 Å². The predicted octanol–water partition coefficient (Wildman–Crippen LogP) is 2.58. The summed E-state index contributed by atoms with van der Waals surface area (Å²) >= 11 is 0. The second kappa shape index (κ2) is 5.31. The Morgan fingerprint density at radius 1 is 1.37 bits per heavy atom. The number of hydrogen-bond acceptors (Lipinski definition) is 2. The van der Waals surface area contributed by atoms with Gasteiger partial charge in [0.05, 0.1) is 18.2 Å². The van der Waals surface area contributed by atoms with Crippen LogP contribution in [0.5, 0.6) is 0 Å². The van der Waals surface area contributed by atoms with Crippen LogP contribution in [0.2, 0.25) is 0 Å². The van der Waals surface area contributed by atoms with Gasteiger partial charge in [0, 0.05) is 6.54 Å². The van der Waals surface area contributed by atoms with Crippen molar-refractivity contribution < 1.29 is 9.53 Å². The Balaban J connectivity index is 1.41. The maximum Gasteiger partial charge on any atom is 0.315 e. The standard InChI is InChI=1S/C15H26N2O2/c1-2-6-15(7-3-8-15)10-16-14(18)17-12-9-11-4-5-13(12)19-11/h11-13H,2-10H2,1H3,(H2,16,17,18). The Bertz CT molecular complexity index is 341. The van der Waals surface area contributed by atoms with Gasteiger partial charge in [-0.05, 0) is 43.9 Å². The van der Waals surface area contributed by atoms with Gasteiger partial charge in [-0.25, -0.2) is 4.79 Å². The smallest absolute Gasteiger partial charge is 0.315 e. The van der Waals surface area contributed by atoms with Crippen LogP contribution in [0.1, 0.15) is 58.3 Å². The number of amides is 2. The molecule has 0 aromatic heterocycles. The Morgan fingerprint density at radius 2 is 2.21 bits per heavy atom. The predicted molar refractivity (Wildman–Crippen MR) is 74.0 cm³/mol. The van der Waals surface area contributed by atoms with E-state index in [1.807, 2.05) is 0 Å². The lowest BCUT2D eigenvalue weighted by Crippen LogP contribution is -2.50. The van der Waals surface area contributed by atoms with Gasteiger partial charge in [0.1, 0.15) is 0 Å². The summed E-state index contributed by atoms with van der Waals surface area (Å²) in [6, 6.07) is 0.241. The molecule has 3 fully saturated rings. The average Bonchev–Trinajstić information content (AvgIpc) is 2.94. The van der Waals surface area contributed by atoms with Crippen molar-refractivity contribution in [3.05, 3.63) is 0 Å². The number of fused-ring (bicyclic) bond motifs is 2. The molecule has 1 aliphatic carbocycles. The van der Waals surface area contributed by atoms with E-state index in [0.29, 0.717) is 11.5 Å². The molecule has 3 atom stereocenters. The zero-order chi connectivity index (χ0) is 13.3. The maximum absolute atomic E-state index is 12.0. The summed E-state index contributed by atoms with van der Waals surface area (Å²) in [5.74, 6) is 0. The first-order chi connectivity index (χ1) is 9.21. The number of urea groups is 1. The first kappa shape index (κ1) is 13.2. The molecule has 2 bridgehead atoms. The number of carbonyl (C=O) groups is 1. The molecule has 4 nitrogen and oxygen atoms in total. The molecule has 0 radical (unpaired) electrons. The van der Waals surface area contributed by atoms with Crippen molar-refractivity contribution in [2.24, 2.45) is 5.41 Å². The molecule has 3 unspecified atom stereocenters. The van der Waals surface area contributed by atoms with E-state index < -0.39 is 0 Å². The molecule has 2 heterocycles. The van der Waals surface area contributed by atoms with Crippen LogP contribution in [-0.4, -0.2) is 30.8 Å². The minimum absolute atomic E-state index is 0.00327. The normalized spacial score (nSPS) is 34.9. The van der Waals surface area contributed by atoms with E-state index in [1.165, 1.54) is 38.5 Å². The fourth-order valence-corrected chi connectivity index (χ4v) is 4.00. The van der Waals surface area contributed by atoms with Crippen LogP contribution in [0, 0.1) is 5.41 Å². The van der Waals surface area contributed by atoms with Gasteiger partial charge in [0.25, 0.3) is 0 Å². The van der Waals surface area contributed by atoms with Gasteiger partial charge in [-0.2, -0.15) is 0 Å². The van der Waals surface area contributed by atoms with Gasteiger partial charge in [-0.15, -0.1) is 0 Å². The fraction of sp³-hybridized carbons (Fsp3) is 0.933. The summed E-state index contributed by atoms with van der Waals surface area (Å²) < 4.78 is 5.76. The summed E-state index contributed by atoms with van der Waals surface area (Å²) in [5.41, 5.74) is 0.400. The molecular weight excluding hydrogens is 240 g/mol. The molecule has 2 N–H and O–H groups in total. The highest BCUT2D eigenvalue weighted by Crippen LogP contribution is 2.44. The molecule has 0 aromatic carbocycles.